The highest BCUT2D eigenvalue weighted by Crippen LogP contribution is 2.60. The summed E-state index contributed by atoms with van der Waals surface area (Å²) in [6.07, 6.45) is 28.4. The fraction of sp³-hybridized carbons (Fsp3) is 0.400. The maximum absolute atomic E-state index is 11.6. The van der Waals surface area contributed by atoms with Crippen molar-refractivity contribution in [3.05, 3.63) is 71.2 Å². The SMILES string of the molecule is OS(CCC1=CC=CCC1)(C1=CCCC=C1)C1C=CC=CC1. The molecule has 22 heavy (non-hydrogen) atoms. The third kappa shape index (κ3) is 3.56. The molecule has 0 bridgehead atoms. The van der Waals surface area contributed by atoms with Gasteiger partial charge in [-0.15, -0.1) is 10.3 Å². The van der Waals surface area contributed by atoms with Crippen molar-refractivity contribution in [1.82, 2.24) is 0 Å². The number of hydrogen-bond donors (Lipinski definition) is 1. The molecule has 1 nitrogen and oxygen atoms in total. The van der Waals surface area contributed by atoms with Gasteiger partial charge in [0.05, 0.1) is 0 Å². The number of allylic oxidation sites excluding steroid dienone is 10. The summed E-state index contributed by atoms with van der Waals surface area (Å²) in [7, 11) is -1.77. The van der Waals surface area contributed by atoms with Crippen molar-refractivity contribution in [2.24, 2.45) is 0 Å². The second-order valence-corrected chi connectivity index (χ2v) is 9.17. The lowest BCUT2D eigenvalue weighted by molar-refractivity contribution is 0.619. The van der Waals surface area contributed by atoms with Gasteiger partial charge in [0.15, 0.2) is 0 Å². The van der Waals surface area contributed by atoms with E-state index in [2.05, 4.69) is 60.8 Å². The molecule has 2 unspecified atom stereocenters. The molecule has 3 aliphatic carbocycles. The lowest BCUT2D eigenvalue weighted by Crippen LogP contribution is -2.22. The zero-order valence-electron chi connectivity index (χ0n) is 13.2. The minimum Gasteiger partial charge on any atom is -0.347 e. The molecule has 0 aromatic carbocycles. The summed E-state index contributed by atoms with van der Waals surface area (Å²) in [6, 6.07) is 0. The Labute approximate surface area is 136 Å². The minimum atomic E-state index is -1.77. The Morgan fingerprint density at radius 3 is 2.68 bits per heavy atom. The van der Waals surface area contributed by atoms with Gasteiger partial charge in [0, 0.05) is 15.9 Å². The number of hydrogen-bond acceptors (Lipinski definition) is 1. The van der Waals surface area contributed by atoms with E-state index in [9.17, 15) is 4.55 Å². The average molecular weight is 314 g/mol. The van der Waals surface area contributed by atoms with Gasteiger partial charge < -0.3 is 4.55 Å². The third-order valence-corrected chi connectivity index (χ3v) is 7.94. The molecule has 3 rings (SSSR count). The van der Waals surface area contributed by atoms with Gasteiger partial charge in [0.2, 0.25) is 0 Å². The first-order valence-electron chi connectivity index (χ1n) is 8.36. The van der Waals surface area contributed by atoms with Gasteiger partial charge in [-0.1, -0.05) is 66.3 Å². The molecule has 1 N–H and O–H groups in total. The Bertz CT molecular complexity index is 577. The Morgan fingerprint density at radius 1 is 1.05 bits per heavy atom. The fourth-order valence-electron chi connectivity index (χ4n) is 3.29. The van der Waals surface area contributed by atoms with E-state index in [0.717, 1.165) is 44.3 Å². The first-order valence-corrected chi connectivity index (χ1v) is 10.2. The summed E-state index contributed by atoms with van der Waals surface area (Å²) in [5, 5.41) is 0.270. The summed E-state index contributed by atoms with van der Waals surface area (Å²) in [6.45, 7) is 0. The van der Waals surface area contributed by atoms with Crippen molar-refractivity contribution < 1.29 is 4.55 Å². The standard InChI is InChI=1S/C20H26OS/c21-22(19-12-6-2-7-13-19,20-14-8-3-9-15-20)17-16-18-10-4-1-5-11-18/h1-2,4,6-8,10,12,14-15,19,21H,3,5,9,11,13,16-17H2. The summed E-state index contributed by atoms with van der Waals surface area (Å²) >= 11 is 0. The molecule has 0 radical (unpaired) electrons. The smallest absolute Gasteiger partial charge is 0.0360 e. The van der Waals surface area contributed by atoms with E-state index >= 15 is 0 Å². The lowest BCUT2D eigenvalue weighted by atomic mass is 10.0. The Hall–Kier alpha value is -1.25. The van der Waals surface area contributed by atoms with Crippen LogP contribution in [0.25, 0.3) is 0 Å². The van der Waals surface area contributed by atoms with Gasteiger partial charge in [-0.2, -0.15) is 0 Å². The molecule has 0 heterocycles. The Kier molecular flexibility index (Phi) is 5.22. The summed E-state index contributed by atoms with van der Waals surface area (Å²) < 4.78 is 11.6. The van der Waals surface area contributed by atoms with E-state index in [4.69, 9.17) is 0 Å². The molecule has 2 heteroatoms. The quantitative estimate of drug-likeness (QED) is 0.655. The lowest BCUT2D eigenvalue weighted by Gasteiger charge is -2.42. The summed E-state index contributed by atoms with van der Waals surface area (Å²) in [5.41, 5.74) is 1.49. The molecule has 0 aromatic rings. The van der Waals surface area contributed by atoms with E-state index in [1.165, 1.54) is 10.5 Å². The van der Waals surface area contributed by atoms with Gasteiger partial charge in [-0.05, 0) is 38.5 Å². The van der Waals surface area contributed by atoms with E-state index in [1.807, 2.05) is 0 Å². The van der Waals surface area contributed by atoms with Crippen molar-refractivity contribution in [2.45, 2.75) is 43.8 Å². The molecule has 3 aliphatic rings. The zero-order chi connectivity index (χ0) is 15.3. The van der Waals surface area contributed by atoms with E-state index < -0.39 is 10.3 Å². The van der Waals surface area contributed by atoms with E-state index in [0.29, 0.717) is 0 Å². The molecule has 0 amide bonds. The van der Waals surface area contributed by atoms with Crippen LogP contribution in [0, 0.1) is 0 Å². The van der Waals surface area contributed by atoms with Crippen LogP contribution in [0.2, 0.25) is 0 Å². The molecule has 0 spiro atoms. The predicted molar refractivity (Wildman–Crippen MR) is 99.3 cm³/mol. The second kappa shape index (κ2) is 7.34. The first-order chi connectivity index (χ1) is 10.8. The van der Waals surface area contributed by atoms with Crippen LogP contribution < -0.4 is 0 Å². The van der Waals surface area contributed by atoms with Gasteiger partial charge in [-0.3, -0.25) is 0 Å². The molecular formula is C20H26OS. The predicted octanol–water partition coefficient (Wildman–Crippen LogP) is 6.05. The largest absolute Gasteiger partial charge is 0.347 e. The van der Waals surface area contributed by atoms with Crippen LogP contribution in [0.4, 0.5) is 0 Å². The molecular weight excluding hydrogens is 288 g/mol. The van der Waals surface area contributed by atoms with Crippen LogP contribution in [-0.2, 0) is 0 Å². The van der Waals surface area contributed by atoms with Crippen LogP contribution in [0.15, 0.2) is 71.2 Å². The zero-order valence-corrected chi connectivity index (χ0v) is 14.0. The monoisotopic (exact) mass is 314 g/mol. The molecule has 0 saturated heterocycles. The van der Waals surface area contributed by atoms with Gasteiger partial charge in [0.25, 0.3) is 0 Å². The molecule has 118 valence electrons. The van der Waals surface area contributed by atoms with Crippen molar-refractivity contribution in [2.75, 3.05) is 5.75 Å². The van der Waals surface area contributed by atoms with Gasteiger partial charge in [0.1, 0.15) is 0 Å². The van der Waals surface area contributed by atoms with Gasteiger partial charge in [-0.25, -0.2) is 0 Å². The molecule has 0 aromatic heterocycles. The summed E-state index contributed by atoms with van der Waals surface area (Å²) in [5.74, 6) is 0.895. The normalized spacial score (nSPS) is 28.0. The van der Waals surface area contributed by atoms with E-state index in [-0.39, 0.29) is 5.25 Å². The van der Waals surface area contributed by atoms with Gasteiger partial charge >= 0.3 is 0 Å². The third-order valence-electron chi connectivity index (χ3n) is 4.65. The first kappa shape index (κ1) is 15.6. The van der Waals surface area contributed by atoms with Crippen LogP contribution in [0.5, 0.6) is 0 Å². The number of rotatable bonds is 5. The maximum atomic E-state index is 11.6. The van der Waals surface area contributed by atoms with Crippen molar-refractivity contribution in [1.29, 1.82) is 0 Å². The van der Waals surface area contributed by atoms with E-state index in [1.54, 1.807) is 0 Å². The van der Waals surface area contributed by atoms with Crippen molar-refractivity contribution in [3.63, 3.8) is 0 Å². The molecule has 0 saturated carbocycles. The Balaban J connectivity index is 1.79. The highest BCUT2D eigenvalue weighted by atomic mass is 32.3. The highest BCUT2D eigenvalue weighted by molar-refractivity contribution is 8.33. The van der Waals surface area contributed by atoms with Crippen LogP contribution in [-0.4, -0.2) is 15.6 Å². The van der Waals surface area contributed by atoms with Crippen molar-refractivity contribution in [3.8, 4) is 0 Å². The average Bonchev–Trinajstić information content (AvgIpc) is 2.62. The van der Waals surface area contributed by atoms with Crippen LogP contribution in [0.3, 0.4) is 0 Å². The molecule has 0 aliphatic heterocycles. The molecule has 0 fully saturated rings. The highest BCUT2D eigenvalue weighted by Gasteiger charge is 2.32. The van der Waals surface area contributed by atoms with Crippen LogP contribution in [0.1, 0.15) is 38.5 Å². The topological polar surface area (TPSA) is 20.2 Å². The minimum absolute atomic E-state index is 0.270. The second-order valence-electron chi connectivity index (χ2n) is 6.17. The molecule has 2 atom stereocenters. The van der Waals surface area contributed by atoms with Crippen molar-refractivity contribution >= 4 is 10.3 Å². The summed E-state index contributed by atoms with van der Waals surface area (Å²) in [4.78, 5) is 1.20. The maximum Gasteiger partial charge on any atom is 0.0360 e. The fourth-order valence-corrected chi connectivity index (χ4v) is 6.27. The Morgan fingerprint density at radius 2 is 2.00 bits per heavy atom. The van der Waals surface area contributed by atoms with Crippen LogP contribution >= 0.6 is 10.3 Å².